The van der Waals surface area contributed by atoms with Gasteiger partial charge < -0.3 is 24.0 Å². The highest BCUT2D eigenvalue weighted by Gasteiger charge is 2.30. The van der Waals surface area contributed by atoms with Crippen molar-refractivity contribution in [2.45, 2.75) is 26.0 Å². The van der Waals surface area contributed by atoms with Crippen LogP contribution in [-0.2, 0) is 24.3 Å². The van der Waals surface area contributed by atoms with Crippen molar-refractivity contribution in [2.24, 2.45) is 5.92 Å². The minimum absolute atomic E-state index is 0.0567. The normalized spacial score (nSPS) is 22.9. The van der Waals surface area contributed by atoms with Crippen molar-refractivity contribution in [1.29, 1.82) is 0 Å². The lowest BCUT2D eigenvalue weighted by molar-refractivity contribution is -0.139. The first-order valence-corrected chi connectivity index (χ1v) is 12.2. The van der Waals surface area contributed by atoms with Gasteiger partial charge in [-0.2, -0.15) is 0 Å². The first-order valence-electron chi connectivity index (χ1n) is 10.3. The third kappa shape index (κ3) is 6.81. The van der Waals surface area contributed by atoms with E-state index in [9.17, 15) is 18.0 Å². The predicted molar refractivity (Wildman–Crippen MR) is 120 cm³/mol. The van der Waals surface area contributed by atoms with Crippen LogP contribution in [0.4, 0.5) is 5.69 Å². The van der Waals surface area contributed by atoms with E-state index in [1.165, 1.54) is 30.2 Å². The Morgan fingerprint density at radius 3 is 2.53 bits per heavy atom. The summed E-state index contributed by atoms with van der Waals surface area (Å²) in [5.41, 5.74) is 0.564. The summed E-state index contributed by atoms with van der Waals surface area (Å²) in [6, 6.07) is 4.18. The van der Waals surface area contributed by atoms with Gasteiger partial charge in [0.2, 0.25) is 15.9 Å². The zero-order valence-corrected chi connectivity index (χ0v) is 20.3. The van der Waals surface area contributed by atoms with Crippen molar-refractivity contribution in [3.63, 3.8) is 0 Å². The number of benzene rings is 1. The number of methoxy groups -OCH3 is 2. The third-order valence-electron chi connectivity index (χ3n) is 5.34. The molecule has 2 amide bonds. The summed E-state index contributed by atoms with van der Waals surface area (Å²) in [7, 11) is 1.20. The van der Waals surface area contributed by atoms with Crippen LogP contribution in [0, 0.1) is 5.92 Å². The Labute approximate surface area is 189 Å². The van der Waals surface area contributed by atoms with Crippen molar-refractivity contribution in [2.75, 3.05) is 58.5 Å². The number of ether oxygens (including phenoxy) is 3. The summed E-state index contributed by atoms with van der Waals surface area (Å²) in [6.07, 6.45) is 0.740. The van der Waals surface area contributed by atoms with Crippen LogP contribution >= 0.6 is 0 Å². The fourth-order valence-corrected chi connectivity index (χ4v) is 4.16. The highest BCUT2D eigenvalue weighted by Crippen LogP contribution is 2.27. The molecule has 0 saturated carbocycles. The number of carbonyl (C=O) groups is 2. The number of hydrogen-bond donors (Lipinski definition) is 1. The van der Waals surface area contributed by atoms with Crippen molar-refractivity contribution in [3.8, 4) is 5.75 Å². The van der Waals surface area contributed by atoms with Crippen LogP contribution in [-0.4, -0.2) is 96.0 Å². The molecular weight excluding hydrogens is 438 g/mol. The smallest absolute Gasteiger partial charge is 0.257 e. The highest BCUT2D eigenvalue weighted by atomic mass is 32.2. The molecule has 32 heavy (non-hydrogen) atoms. The first kappa shape index (κ1) is 25.9. The molecule has 11 heteroatoms. The number of nitrogens with zero attached hydrogens (tertiary/aromatic N) is 2. The third-order valence-corrected chi connectivity index (χ3v) is 5.94. The van der Waals surface area contributed by atoms with E-state index in [0.717, 1.165) is 6.26 Å². The van der Waals surface area contributed by atoms with E-state index in [2.05, 4.69) is 4.72 Å². The molecule has 0 saturated heterocycles. The Bertz CT molecular complexity index is 922. The molecule has 0 spiro atoms. The molecule has 0 aromatic heterocycles. The van der Waals surface area contributed by atoms with Crippen LogP contribution in [0.3, 0.4) is 0 Å². The minimum Gasteiger partial charge on any atom is -0.491 e. The summed E-state index contributed by atoms with van der Waals surface area (Å²) in [4.78, 5) is 29.0. The fraction of sp³-hybridized carbons (Fsp3) is 0.619. The molecule has 1 aliphatic rings. The highest BCUT2D eigenvalue weighted by molar-refractivity contribution is 7.92. The van der Waals surface area contributed by atoms with Gasteiger partial charge in [0.25, 0.3) is 5.91 Å². The van der Waals surface area contributed by atoms with Gasteiger partial charge in [-0.25, -0.2) is 8.42 Å². The average molecular weight is 472 g/mol. The second-order valence-electron chi connectivity index (χ2n) is 8.16. The molecule has 1 N–H and O–H groups in total. The van der Waals surface area contributed by atoms with Crippen molar-refractivity contribution < 1.29 is 32.2 Å². The molecule has 0 unspecified atom stereocenters. The molecule has 1 aromatic carbocycles. The summed E-state index contributed by atoms with van der Waals surface area (Å²) in [6.45, 7) is 4.56. The number of rotatable bonds is 5. The maximum atomic E-state index is 13.1. The van der Waals surface area contributed by atoms with Gasteiger partial charge in [-0.05, 0) is 19.1 Å². The van der Waals surface area contributed by atoms with Crippen LogP contribution in [0.1, 0.15) is 24.2 Å². The van der Waals surface area contributed by atoms with E-state index in [1.54, 1.807) is 19.1 Å². The molecule has 180 valence electrons. The number of nitrogens with one attached hydrogen (secondary N) is 1. The van der Waals surface area contributed by atoms with Gasteiger partial charge in [-0.15, -0.1) is 0 Å². The Hall–Kier alpha value is -2.37. The van der Waals surface area contributed by atoms with Gasteiger partial charge in [0.15, 0.2) is 0 Å². The van der Waals surface area contributed by atoms with Crippen LogP contribution in [0.2, 0.25) is 0 Å². The van der Waals surface area contributed by atoms with Crippen LogP contribution in [0.25, 0.3) is 0 Å². The second-order valence-corrected chi connectivity index (χ2v) is 9.91. The maximum Gasteiger partial charge on any atom is 0.257 e. The van der Waals surface area contributed by atoms with E-state index in [1.807, 2.05) is 13.8 Å². The largest absolute Gasteiger partial charge is 0.491 e. The van der Waals surface area contributed by atoms with Gasteiger partial charge in [0.1, 0.15) is 19.0 Å². The molecule has 1 aromatic rings. The molecule has 3 atom stereocenters. The zero-order valence-electron chi connectivity index (χ0n) is 19.5. The summed E-state index contributed by atoms with van der Waals surface area (Å²) in [5.74, 6) is -0.289. The number of anilines is 1. The molecule has 0 radical (unpaired) electrons. The van der Waals surface area contributed by atoms with Crippen LogP contribution in [0.15, 0.2) is 18.2 Å². The average Bonchev–Trinajstić information content (AvgIpc) is 2.71. The Morgan fingerprint density at radius 1 is 1.25 bits per heavy atom. The van der Waals surface area contributed by atoms with Gasteiger partial charge in [0, 0.05) is 46.3 Å². The van der Waals surface area contributed by atoms with Crippen LogP contribution in [0.5, 0.6) is 5.75 Å². The Morgan fingerprint density at radius 2 is 1.94 bits per heavy atom. The predicted octanol–water partition coefficient (Wildman–Crippen LogP) is 1.04. The van der Waals surface area contributed by atoms with Crippen molar-refractivity contribution in [1.82, 2.24) is 9.80 Å². The van der Waals surface area contributed by atoms with Crippen molar-refractivity contribution >= 4 is 27.5 Å². The van der Waals surface area contributed by atoms with Crippen molar-refractivity contribution in [3.05, 3.63) is 23.8 Å². The molecular formula is C21H33N3O7S. The number of carbonyl (C=O) groups excluding carboxylic acids is 2. The van der Waals surface area contributed by atoms with Gasteiger partial charge >= 0.3 is 0 Å². The van der Waals surface area contributed by atoms with Gasteiger partial charge in [-0.3, -0.25) is 14.3 Å². The van der Waals surface area contributed by atoms with Gasteiger partial charge in [0.05, 0.1) is 29.7 Å². The topological polar surface area (TPSA) is 114 Å². The Kier molecular flexibility index (Phi) is 8.88. The number of hydrogen-bond acceptors (Lipinski definition) is 7. The summed E-state index contributed by atoms with van der Waals surface area (Å²) < 4.78 is 42.3. The molecule has 0 bridgehead atoms. The summed E-state index contributed by atoms with van der Waals surface area (Å²) >= 11 is 0. The van der Waals surface area contributed by atoms with E-state index in [4.69, 9.17) is 14.2 Å². The molecule has 1 aliphatic heterocycles. The molecule has 1 heterocycles. The second kappa shape index (κ2) is 11.0. The Balaban J connectivity index is 2.47. The monoisotopic (exact) mass is 471 g/mol. The number of likely N-dealkylation sites (N-methyl/N-ethyl adjacent to an activating group) is 1. The van der Waals surface area contributed by atoms with E-state index < -0.39 is 10.0 Å². The molecule has 0 fully saturated rings. The molecule has 2 rings (SSSR count). The minimum atomic E-state index is -3.51. The van der Waals surface area contributed by atoms with Crippen LogP contribution < -0.4 is 9.46 Å². The quantitative estimate of drug-likeness (QED) is 0.682. The molecule has 0 aliphatic carbocycles. The maximum absolute atomic E-state index is 13.1. The number of fused-ring (bicyclic) bond motifs is 1. The SMILES string of the molecule is COCC(=O)N1C[C@H](C)[C@H](OC)CN(C)C(=O)c2ccc(NS(C)(=O)=O)cc2OC[C@H]1C. The fourth-order valence-electron chi connectivity index (χ4n) is 3.60. The number of sulfonamides is 1. The van der Waals surface area contributed by atoms with E-state index in [-0.39, 0.29) is 60.1 Å². The zero-order chi connectivity index (χ0) is 24.1. The van der Waals surface area contributed by atoms with Gasteiger partial charge in [-0.1, -0.05) is 6.92 Å². The lowest BCUT2D eigenvalue weighted by Crippen LogP contribution is -2.49. The standard InChI is InChI=1S/C21H33N3O7S/c1-14-10-24(20(25)13-29-4)15(2)12-31-18-9-16(22-32(6,27)28)7-8-17(18)21(26)23(3)11-19(14)30-5/h7-9,14-15,19,22H,10-13H2,1-6H3/t14-,15+,19+/m0/s1. The summed E-state index contributed by atoms with van der Waals surface area (Å²) in [5, 5.41) is 0. The van der Waals surface area contributed by atoms with E-state index >= 15 is 0 Å². The first-order chi connectivity index (χ1) is 15.0. The number of amides is 2. The lowest BCUT2D eigenvalue weighted by atomic mass is 10.0. The van der Waals surface area contributed by atoms with E-state index in [0.29, 0.717) is 13.1 Å². The lowest BCUT2D eigenvalue weighted by Gasteiger charge is -2.36. The molecule has 10 nitrogen and oxygen atoms in total.